The molecule has 0 amide bonds. The number of aromatic nitrogens is 2. The second-order valence-corrected chi connectivity index (χ2v) is 3.08. The number of esters is 1. The van der Waals surface area contributed by atoms with Gasteiger partial charge in [0, 0.05) is 0 Å². The van der Waals surface area contributed by atoms with Crippen LogP contribution in [0.5, 0.6) is 0 Å². The first-order valence-corrected chi connectivity index (χ1v) is 4.95. The van der Waals surface area contributed by atoms with Gasteiger partial charge in [-0.2, -0.15) is 0 Å². The minimum absolute atomic E-state index is 0.0620. The summed E-state index contributed by atoms with van der Waals surface area (Å²) in [6, 6.07) is 3.14. The van der Waals surface area contributed by atoms with Crippen molar-refractivity contribution < 1.29 is 18.3 Å². The molecule has 0 saturated carbocycles. The van der Waals surface area contributed by atoms with E-state index in [9.17, 15) is 9.18 Å². The average molecular weight is 236 g/mol. The minimum atomic E-state index is -0.846. The minimum Gasteiger partial charge on any atom is -0.463 e. The van der Waals surface area contributed by atoms with Gasteiger partial charge in [0.15, 0.2) is 17.3 Å². The molecule has 2 rings (SSSR count). The smallest absolute Gasteiger partial charge is 0.360 e. The summed E-state index contributed by atoms with van der Waals surface area (Å²) in [6.45, 7) is 1.78. The highest BCUT2D eigenvalue weighted by Gasteiger charge is 2.20. The molecule has 0 unspecified atom stereocenters. The van der Waals surface area contributed by atoms with E-state index < -0.39 is 17.5 Å². The van der Waals surface area contributed by atoms with Gasteiger partial charge in [-0.1, -0.05) is 0 Å². The van der Waals surface area contributed by atoms with Gasteiger partial charge in [0.2, 0.25) is 0 Å². The summed E-state index contributed by atoms with van der Waals surface area (Å²) >= 11 is 0. The number of ether oxygens (including phenoxy) is 1. The van der Waals surface area contributed by atoms with E-state index >= 15 is 0 Å². The van der Waals surface area contributed by atoms with Crippen LogP contribution in [0.15, 0.2) is 29.1 Å². The Bertz CT molecular complexity index is 526. The zero-order valence-electron chi connectivity index (χ0n) is 9.01. The molecule has 0 aliphatic carbocycles. The molecule has 2 aromatic heterocycles. The highest BCUT2D eigenvalue weighted by Crippen LogP contribution is 2.21. The van der Waals surface area contributed by atoms with Crippen molar-refractivity contribution in [3.8, 4) is 11.5 Å². The fourth-order valence-corrected chi connectivity index (χ4v) is 1.30. The maximum Gasteiger partial charge on any atom is 0.360 e. The van der Waals surface area contributed by atoms with Crippen LogP contribution in [-0.2, 0) is 4.74 Å². The van der Waals surface area contributed by atoms with Crippen molar-refractivity contribution in [2.24, 2.45) is 0 Å². The number of carbonyl (C=O) groups excluding carboxylic acids is 1. The second kappa shape index (κ2) is 4.73. The van der Waals surface area contributed by atoms with Crippen molar-refractivity contribution in [2.45, 2.75) is 6.92 Å². The molecule has 2 heterocycles. The zero-order chi connectivity index (χ0) is 12.3. The molecule has 0 aliphatic rings. The maximum atomic E-state index is 13.9. The largest absolute Gasteiger partial charge is 0.463 e. The molecular formula is C11H9FN2O3. The Hall–Kier alpha value is -2.24. The summed E-state index contributed by atoms with van der Waals surface area (Å²) in [5.41, 5.74) is -0.457. The summed E-state index contributed by atoms with van der Waals surface area (Å²) in [6.07, 6.45) is 2.48. The molecule has 0 fully saturated rings. The molecular weight excluding hydrogens is 227 g/mol. The molecule has 0 N–H and O–H groups in total. The Kier molecular flexibility index (Phi) is 3.13. The van der Waals surface area contributed by atoms with Crippen molar-refractivity contribution >= 4 is 5.97 Å². The Morgan fingerprint density at radius 2 is 2.35 bits per heavy atom. The quantitative estimate of drug-likeness (QED) is 0.763. The van der Waals surface area contributed by atoms with Crippen LogP contribution >= 0.6 is 0 Å². The van der Waals surface area contributed by atoms with E-state index in [1.165, 1.54) is 6.26 Å². The van der Waals surface area contributed by atoms with Crippen LogP contribution in [0.2, 0.25) is 0 Å². The molecule has 2 aromatic rings. The Balaban J connectivity index is 2.44. The number of halogens is 1. The molecule has 88 valence electrons. The van der Waals surface area contributed by atoms with E-state index in [4.69, 9.17) is 4.42 Å². The van der Waals surface area contributed by atoms with Crippen LogP contribution in [0.25, 0.3) is 11.5 Å². The number of hydrogen-bond donors (Lipinski definition) is 0. The summed E-state index contributed by atoms with van der Waals surface area (Å²) in [5.74, 6) is -1.43. The number of furan rings is 1. The third-order valence-electron chi connectivity index (χ3n) is 2.01. The molecule has 5 nitrogen and oxygen atoms in total. The van der Waals surface area contributed by atoms with Gasteiger partial charge in [-0.25, -0.2) is 19.2 Å². The van der Waals surface area contributed by atoms with Gasteiger partial charge in [-0.3, -0.25) is 0 Å². The number of nitrogens with zero attached hydrogens (tertiary/aromatic N) is 2. The number of hydrogen-bond acceptors (Lipinski definition) is 5. The van der Waals surface area contributed by atoms with Gasteiger partial charge in [-0.05, 0) is 19.1 Å². The van der Waals surface area contributed by atoms with Crippen molar-refractivity contribution in [1.29, 1.82) is 0 Å². The zero-order valence-corrected chi connectivity index (χ0v) is 9.01. The van der Waals surface area contributed by atoms with Crippen LogP contribution < -0.4 is 0 Å². The van der Waals surface area contributed by atoms with Gasteiger partial charge < -0.3 is 9.15 Å². The van der Waals surface area contributed by atoms with E-state index in [1.54, 1.807) is 19.1 Å². The SMILES string of the molecule is CCOC(=O)c1ncnc(-c2ccco2)c1F. The highest BCUT2D eigenvalue weighted by atomic mass is 19.1. The lowest BCUT2D eigenvalue weighted by Crippen LogP contribution is -2.11. The second-order valence-electron chi connectivity index (χ2n) is 3.08. The molecule has 0 spiro atoms. The Morgan fingerprint density at radius 3 is 3.00 bits per heavy atom. The molecule has 0 aromatic carbocycles. The van der Waals surface area contributed by atoms with Crippen LogP contribution in [0, 0.1) is 5.82 Å². The van der Waals surface area contributed by atoms with Crippen molar-refractivity contribution in [2.75, 3.05) is 6.61 Å². The Labute approximate surface area is 96.3 Å². The predicted molar refractivity (Wildman–Crippen MR) is 55.6 cm³/mol. The molecule has 0 saturated heterocycles. The normalized spacial score (nSPS) is 10.2. The average Bonchev–Trinajstić information content (AvgIpc) is 2.83. The van der Waals surface area contributed by atoms with Gasteiger partial charge in [-0.15, -0.1) is 0 Å². The van der Waals surface area contributed by atoms with Crippen LogP contribution in [0.4, 0.5) is 4.39 Å². The van der Waals surface area contributed by atoms with Gasteiger partial charge in [0.05, 0.1) is 12.9 Å². The van der Waals surface area contributed by atoms with E-state index in [0.717, 1.165) is 6.33 Å². The molecule has 0 bridgehead atoms. The lowest BCUT2D eigenvalue weighted by molar-refractivity contribution is 0.0513. The Morgan fingerprint density at radius 1 is 1.53 bits per heavy atom. The first-order chi connectivity index (χ1) is 8.24. The van der Waals surface area contributed by atoms with E-state index in [0.29, 0.717) is 0 Å². The molecule has 6 heteroatoms. The molecule has 0 atom stereocenters. The number of carbonyl (C=O) groups is 1. The fraction of sp³-hybridized carbons (Fsp3) is 0.182. The molecule has 0 radical (unpaired) electrons. The topological polar surface area (TPSA) is 65.2 Å². The number of rotatable bonds is 3. The van der Waals surface area contributed by atoms with Gasteiger partial charge >= 0.3 is 5.97 Å². The third kappa shape index (κ3) is 2.15. The summed E-state index contributed by atoms with van der Waals surface area (Å²) in [7, 11) is 0. The summed E-state index contributed by atoms with van der Waals surface area (Å²) < 4.78 is 23.6. The van der Waals surface area contributed by atoms with E-state index in [-0.39, 0.29) is 18.1 Å². The lowest BCUT2D eigenvalue weighted by atomic mass is 10.2. The maximum absolute atomic E-state index is 13.9. The highest BCUT2D eigenvalue weighted by molar-refractivity contribution is 5.88. The van der Waals surface area contributed by atoms with E-state index in [2.05, 4.69) is 14.7 Å². The summed E-state index contributed by atoms with van der Waals surface area (Å²) in [4.78, 5) is 18.7. The van der Waals surface area contributed by atoms with Crippen LogP contribution in [0.3, 0.4) is 0 Å². The van der Waals surface area contributed by atoms with Crippen molar-refractivity contribution in [1.82, 2.24) is 9.97 Å². The van der Waals surface area contributed by atoms with Gasteiger partial charge in [0.25, 0.3) is 0 Å². The third-order valence-corrected chi connectivity index (χ3v) is 2.01. The molecule has 0 aliphatic heterocycles. The van der Waals surface area contributed by atoms with Gasteiger partial charge in [0.1, 0.15) is 12.0 Å². The van der Waals surface area contributed by atoms with Crippen molar-refractivity contribution in [3.05, 3.63) is 36.2 Å². The summed E-state index contributed by atoms with van der Waals surface area (Å²) in [5, 5.41) is 0. The first kappa shape index (κ1) is 11.3. The van der Waals surface area contributed by atoms with E-state index in [1.807, 2.05) is 0 Å². The van der Waals surface area contributed by atoms with Crippen LogP contribution in [0.1, 0.15) is 17.4 Å². The first-order valence-electron chi connectivity index (χ1n) is 4.95. The molecule has 17 heavy (non-hydrogen) atoms. The predicted octanol–water partition coefficient (Wildman–Crippen LogP) is 2.05. The van der Waals surface area contributed by atoms with Crippen LogP contribution in [-0.4, -0.2) is 22.5 Å². The standard InChI is InChI=1S/C11H9FN2O3/c1-2-16-11(15)10-8(12)9(13-6-14-10)7-4-3-5-17-7/h3-6H,2H2,1H3. The van der Waals surface area contributed by atoms with Crippen molar-refractivity contribution in [3.63, 3.8) is 0 Å². The monoisotopic (exact) mass is 236 g/mol. The fourth-order valence-electron chi connectivity index (χ4n) is 1.30. The lowest BCUT2D eigenvalue weighted by Gasteiger charge is -2.04.